The van der Waals surface area contributed by atoms with Crippen LogP contribution in [-0.2, 0) is 11.2 Å². The number of methoxy groups -OCH3 is 2. The summed E-state index contributed by atoms with van der Waals surface area (Å²) in [5.74, 6) is 1.23. The maximum Gasteiger partial charge on any atom is 0.315 e. The molecule has 1 unspecified atom stereocenters. The van der Waals surface area contributed by atoms with Crippen LogP contribution in [0.2, 0.25) is 0 Å². The lowest BCUT2D eigenvalue weighted by Gasteiger charge is -2.27. The first-order chi connectivity index (χ1) is 12.3. The highest BCUT2D eigenvalue weighted by Gasteiger charge is 2.26. The van der Waals surface area contributed by atoms with Crippen LogP contribution in [-0.4, -0.2) is 57.2 Å². The van der Waals surface area contributed by atoms with Gasteiger partial charge in [-0.15, -0.1) is 0 Å². The van der Waals surface area contributed by atoms with Crippen LogP contribution in [0.15, 0.2) is 18.2 Å². The second-order valence-electron chi connectivity index (χ2n) is 6.42. The number of likely N-dealkylation sites (N-methyl/N-ethyl adjacent to an activating group) is 1. The van der Waals surface area contributed by atoms with Crippen molar-refractivity contribution in [2.45, 2.75) is 33.2 Å². The van der Waals surface area contributed by atoms with Crippen LogP contribution in [0.25, 0.3) is 0 Å². The van der Waals surface area contributed by atoms with Crippen molar-refractivity contribution < 1.29 is 19.1 Å². The van der Waals surface area contributed by atoms with Crippen molar-refractivity contribution >= 4 is 11.9 Å². The quantitative estimate of drug-likeness (QED) is 0.702. The number of ether oxygens (including phenoxy) is 2. The molecule has 1 aromatic rings. The minimum atomic E-state index is -0.558. The molecule has 3 amide bonds. The summed E-state index contributed by atoms with van der Waals surface area (Å²) in [4.78, 5) is 26.1. The third-order valence-corrected chi connectivity index (χ3v) is 4.12. The topological polar surface area (TPSA) is 79.9 Å². The molecule has 0 aliphatic heterocycles. The molecule has 26 heavy (non-hydrogen) atoms. The third kappa shape index (κ3) is 6.13. The molecule has 0 spiro atoms. The van der Waals surface area contributed by atoms with Gasteiger partial charge in [-0.25, -0.2) is 4.79 Å². The minimum Gasteiger partial charge on any atom is -0.493 e. The lowest BCUT2D eigenvalue weighted by Crippen LogP contribution is -2.53. The van der Waals surface area contributed by atoms with Gasteiger partial charge in [-0.2, -0.15) is 0 Å². The number of nitrogens with zero attached hydrogens (tertiary/aromatic N) is 1. The molecule has 7 heteroatoms. The zero-order valence-electron chi connectivity index (χ0n) is 16.6. The fraction of sp³-hybridized carbons (Fsp3) is 0.579. The van der Waals surface area contributed by atoms with Crippen molar-refractivity contribution in [2.24, 2.45) is 5.92 Å². The third-order valence-electron chi connectivity index (χ3n) is 4.12. The summed E-state index contributed by atoms with van der Waals surface area (Å²) in [7, 11) is 4.94. The van der Waals surface area contributed by atoms with Crippen LogP contribution < -0.4 is 20.1 Å². The second kappa shape index (κ2) is 10.5. The van der Waals surface area contributed by atoms with Gasteiger partial charge in [-0.1, -0.05) is 19.9 Å². The van der Waals surface area contributed by atoms with Gasteiger partial charge < -0.3 is 25.0 Å². The summed E-state index contributed by atoms with van der Waals surface area (Å²) in [5.41, 5.74) is 1.04. The Kier molecular flexibility index (Phi) is 8.75. The normalized spacial score (nSPS) is 11.7. The molecule has 7 nitrogen and oxygen atoms in total. The van der Waals surface area contributed by atoms with Crippen LogP contribution >= 0.6 is 0 Å². The van der Waals surface area contributed by atoms with Crippen molar-refractivity contribution in [3.63, 3.8) is 0 Å². The van der Waals surface area contributed by atoms with E-state index in [4.69, 9.17) is 9.47 Å². The smallest absolute Gasteiger partial charge is 0.315 e. The summed E-state index contributed by atoms with van der Waals surface area (Å²) >= 11 is 0. The van der Waals surface area contributed by atoms with Crippen LogP contribution in [0, 0.1) is 5.92 Å². The first-order valence-corrected chi connectivity index (χ1v) is 8.84. The number of rotatable bonds is 9. The largest absolute Gasteiger partial charge is 0.493 e. The van der Waals surface area contributed by atoms with Gasteiger partial charge >= 0.3 is 6.03 Å². The van der Waals surface area contributed by atoms with Crippen molar-refractivity contribution in [2.75, 3.05) is 34.4 Å². The number of nitrogens with one attached hydrogen (secondary N) is 2. The molecular weight excluding hydrogens is 334 g/mol. The average molecular weight is 365 g/mol. The van der Waals surface area contributed by atoms with Gasteiger partial charge in [0.25, 0.3) is 0 Å². The summed E-state index contributed by atoms with van der Waals surface area (Å²) in [6.07, 6.45) is 0.675. The number of hydrogen-bond acceptors (Lipinski definition) is 4. The van der Waals surface area contributed by atoms with E-state index in [2.05, 4.69) is 10.6 Å². The number of carbonyl (C=O) groups is 2. The Hall–Kier alpha value is -2.44. The first-order valence-electron chi connectivity index (χ1n) is 8.84. The first kappa shape index (κ1) is 21.6. The van der Waals surface area contributed by atoms with Crippen LogP contribution in [0.3, 0.4) is 0 Å². The molecule has 0 bridgehead atoms. The summed E-state index contributed by atoms with van der Waals surface area (Å²) in [5, 5.41) is 5.41. The molecule has 146 valence electrons. The van der Waals surface area contributed by atoms with E-state index in [9.17, 15) is 9.59 Å². The second-order valence-corrected chi connectivity index (χ2v) is 6.42. The zero-order valence-corrected chi connectivity index (χ0v) is 16.6. The Bertz CT molecular complexity index is 604. The molecule has 0 fully saturated rings. The number of hydrogen-bond donors (Lipinski definition) is 2. The standard InChI is InChI=1S/C19H31N3O4/c1-7-20-19(24)21-17(13(2)3)18(23)22(4)11-10-14-8-9-15(25-5)16(12-14)26-6/h8-9,12-13,17H,7,10-11H2,1-6H3,(H2,20,21,24). The number of benzene rings is 1. The SMILES string of the molecule is CCNC(=O)NC(C(=O)N(C)CCc1ccc(OC)c(OC)c1)C(C)C. The Morgan fingerprint density at radius 3 is 2.35 bits per heavy atom. The molecule has 0 aliphatic carbocycles. The lowest BCUT2D eigenvalue weighted by atomic mass is 10.0. The molecule has 0 saturated heterocycles. The average Bonchev–Trinajstić information content (AvgIpc) is 2.63. The van der Waals surface area contributed by atoms with Gasteiger partial charge in [-0.05, 0) is 37.0 Å². The van der Waals surface area contributed by atoms with Gasteiger partial charge in [-0.3, -0.25) is 4.79 Å². The van der Waals surface area contributed by atoms with Crippen LogP contribution in [0.4, 0.5) is 4.79 Å². The van der Waals surface area contributed by atoms with E-state index in [0.29, 0.717) is 31.0 Å². The number of carbonyl (C=O) groups excluding carboxylic acids is 2. The minimum absolute atomic E-state index is 0.00589. The van der Waals surface area contributed by atoms with Gasteiger partial charge in [0.15, 0.2) is 11.5 Å². The van der Waals surface area contributed by atoms with Crippen molar-refractivity contribution in [1.29, 1.82) is 0 Å². The molecule has 1 atom stereocenters. The Morgan fingerprint density at radius 2 is 1.81 bits per heavy atom. The van der Waals surface area contributed by atoms with Gasteiger partial charge in [0.2, 0.25) is 5.91 Å². The maximum absolute atomic E-state index is 12.7. The Morgan fingerprint density at radius 1 is 1.15 bits per heavy atom. The molecule has 0 saturated carbocycles. The van der Waals surface area contributed by atoms with Crippen LogP contribution in [0.5, 0.6) is 11.5 Å². The summed E-state index contributed by atoms with van der Waals surface area (Å²) in [6.45, 7) is 6.71. The molecular formula is C19H31N3O4. The maximum atomic E-state index is 12.7. The number of urea groups is 1. The fourth-order valence-corrected chi connectivity index (χ4v) is 2.55. The fourth-order valence-electron chi connectivity index (χ4n) is 2.55. The molecule has 1 rings (SSSR count). The van der Waals surface area contributed by atoms with Gasteiger partial charge in [0.1, 0.15) is 6.04 Å². The summed E-state index contributed by atoms with van der Waals surface area (Å²) < 4.78 is 10.5. The molecule has 0 aliphatic rings. The molecule has 0 heterocycles. The van der Waals surface area contributed by atoms with Crippen molar-refractivity contribution in [3.8, 4) is 11.5 Å². The molecule has 2 N–H and O–H groups in total. The highest BCUT2D eigenvalue weighted by atomic mass is 16.5. The van der Waals surface area contributed by atoms with Crippen LogP contribution in [0.1, 0.15) is 26.3 Å². The van der Waals surface area contributed by atoms with E-state index in [1.807, 2.05) is 39.0 Å². The molecule has 0 radical (unpaired) electrons. The van der Waals surface area contributed by atoms with Crippen molar-refractivity contribution in [1.82, 2.24) is 15.5 Å². The van der Waals surface area contributed by atoms with E-state index >= 15 is 0 Å². The Balaban J connectivity index is 2.71. The lowest BCUT2D eigenvalue weighted by molar-refractivity contribution is -0.132. The Labute approximate surface area is 156 Å². The highest BCUT2D eigenvalue weighted by Crippen LogP contribution is 2.27. The van der Waals surface area contributed by atoms with E-state index in [-0.39, 0.29) is 17.9 Å². The summed E-state index contributed by atoms with van der Waals surface area (Å²) in [6, 6.07) is 4.82. The predicted molar refractivity (Wildman–Crippen MR) is 102 cm³/mol. The van der Waals surface area contributed by atoms with Gasteiger partial charge in [0, 0.05) is 20.1 Å². The predicted octanol–water partition coefficient (Wildman–Crippen LogP) is 2.05. The molecule has 1 aromatic carbocycles. The van der Waals surface area contributed by atoms with E-state index in [1.165, 1.54) is 0 Å². The highest BCUT2D eigenvalue weighted by molar-refractivity contribution is 5.87. The monoisotopic (exact) mass is 365 g/mol. The zero-order chi connectivity index (χ0) is 19.7. The van der Waals surface area contributed by atoms with E-state index < -0.39 is 6.04 Å². The van der Waals surface area contributed by atoms with Crippen molar-refractivity contribution in [3.05, 3.63) is 23.8 Å². The van der Waals surface area contributed by atoms with Gasteiger partial charge in [0.05, 0.1) is 14.2 Å². The molecule has 0 aromatic heterocycles. The van der Waals surface area contributed by atoms with E-state index in [0.717, 1.165) is 5.56 Å². The van der Waals surface area contributed by atoms with E-state index in [1.54, 1.807) is 26.2 Å². The number of amides is 3.